The maximum absolute atomic E-state index is 11.7. The van der Waals surface area contributed by atoms with Crippen LogP contribution < -0.4 is 10.3 Å². The zero-order valence-electron chi connectivity index (χ0n) is 11.2. The van der Waals surface area contributed by atoms with Crippen LogP contribution in [-0.2, 0) is 39.3 Å². The van der Waals surface area contributed by atoms with E-state index < -0.39 is 0 Å². The summed E-state index contributed by atoms with van der Waals surface area (Å²) in [5, 5.41) is 0. The smallest absolute Gasteiger partial charge is 0.194 e. The fourth-order valence-corrected chi connectivity index (χ4v) is 1.90. The number of ether oxygens (including phenoxy) is 1. The van der Waals surface area contributed by atoms with Crippen molar-refractivity contribution in [3.8, 4) is 17.0 Å². The summed E-state index contributed by atoms with van der Waals surface area (Å²) in [6.45, 7) is 5.19. The monoisotopic (exact) mass is 331 g/mol. The van der Waals surface area contributed by atoms with Gasteiger partial charge in [0.15, 0.2) is 5.56 Å². The molecular weight excluding hydrogens is 315 g/mol. The van der Waals surface area contributed by atoms with Crippen LogP contribution in [0.3, 0.4) is 0 Å². The van der Waals surface area contributed by atoms with Crippen LogP contribution in [0.2, 0.25) is 0 Å². The van der Waals surface area contributed by atoms with E-state index in [1.807, 2.05) is 38.1 Å². The van der Waals surface area contributed by atoms with Gasteiger partial charge in [-0.3, -0.25) is 4.79 Å². The van der Waals surface area contributed by atoms with Crippen LogP contribution in [0.5, 0.6) is 5.75 Å². The number of hydrogen-bond acceptors (Lipinski definition) is 2. The minimum Gasteiger partial charge on any atom is -0.494 e. The molecule has 3 nitrogen and oxygen atoms in total. The minimum absolute atomic E-state index is 0. The topological polar surface area (TPSA) is 31.2 Å². The van der Waals surface area contributed by atoms with Crippen molar-refractivity contribution in [1.82, 2.24) is 4.57 Å². The first-order chi connectivity index (χ1) is 8.76. The Morgan fingerprint density at radius 1 is 1.16 bits per heavy atom. The maximum atomic E-state index is 11.7. The van der Waals surface area contributed by atoms with E-state index in [0.717, 1.165) is 17.0 Å². The fraction of sp³-hybridized carbons (Fsp3) is 0.267. The first kappa shape index (κ1) is 16.1. The van der Waals surface area contributed by atoms with E-state index in [4.69, 9.17) is 4.74 Å². The predicted octanol–water partition coefficient (Wildman–Crippen LogP) is 2.73. The number of nitrogens with zero attached hydrogens (tertiary/aromatic N) is 1. The molecule has 0 aliphatic carbocycles. The van der Waals surface area contributed by atoms with Crippen LogP contribution in [0.15, 0.2) is 41.2 Å². The first-order valence-electron chi connectivity index (χ1n) is 6.11. The molecule has 0 aliphatic rings. The summed E-state index contributed by atoms with van der Waals surface area (Å²) < 4.78 is 7.10. The Kier molecular flexibility index (Phi) is 6.46. The molecule has 0 amide bonds. The molecule has 2 rings (SSSR count). The van der Waals surface area contributed by atoms with Crippen LogP contribution in [0, 0.1) is 6.07 Å². The van der Waals surface area contributed by atoms with E-state index in [0.29, 0.717) is 13.2 Å². The summed E-state index contributed by atoms with van der Waals surface area (Å²) in [5.41, 5.74) is 1.78. The quantitative estimate of drug-likeness (QED) is 0.807. The zero-order chi connectivity index (χ0) is 13.0. The van der Waals surface area contributed by atoms with E-state index in [1.165, 1.54) is 6.07 Å². The normalized spacial score (nSPS) is 9.79. The van der Waals surface area contributed by atoms with Crippen molar-refractivity contribution in [2.45, 2.75) is 20.4 Å². The van der Waals surface area contributed by atoms with Gasteiger partial charge in [0.1, 0.15) is 5.75 Å². The molecule has 0 N–H and O–H groups in total. The number of rotatable bonds is 4. The van der Waals surface area contributed by atoms with Gasteiger partial charge in [-0.05, 0) is 26.0 Å². The number of benzene rings is 1. The van der Waals surface area contributed by atoms with Gasteiger partial charge in [0.05, 0.1) is 6.61 Å². The van der Waals surface area contributed by atoms with Crippen molar-refractivity contribution in [2.24, 2.45) is 0 Å². The first-order valence-corrected chi connectivity index (χ1v) is 6.11. The Morgan fingerprint density at radius 2 is 1.84 bits per heavy atom. The molecule has 1 heterocycles. The molecular formula is C15H16NO2Y-. The third-order valence-electron chi connectivity index (χ3n) is 2.74. The summed E-state index contributed by atoms with van der Waals surface area (Å²) in [6.07, 6.45) is 0. The van der Waals surface area contributed by atoms with Gasteiger partial charge in [-0.25, -0.2) is 0 Å². The van der Waals surface area contributed by atoms with Crippen LogP contribution in [0.1, 0.15) is 13.8 Å². The van der Waals surface area contributed by atoms with E-state index >= 15 is 0 Å². The average Bonchev–Trinajstić information content (AvgIpc) is 2.40. The van der Waals surface area contributed by atoms with Crippen molar-refractivity contribution in [1.29, 1.82) is 0 Å². The SMILES string of the molecule is CCOc1ccc(-c2[c-]ccc(=O)n2CC)cc1.[Y]. The van der Waals surface area contributed by atoms with Gasteiger partial charge in [-0.1, -0.05) is 17.3 Å². The molecule has 0 saturated carbocycles. The summed E-state index contributed by atoms with van der Waals surface area (Å²) >= 11 is 0. The Labute approximate surface area is 138 Å². The molecule has 4 heteroatoms. The molecule has 0 saturated heterocycles. The molecule has 0 aliphatic heterocycles. The van der Waals surface area contributed by atoms with E-state index in [2.05, 4.69) is 6.07 Å². The van der Waals surface area contributed by atoms with E-state index in [-0.39, 0.29) is 38.3 Å². The zero-order valence-corrected chi connectivity index (χ0v) is 14.1. The van der Waals surface area contributed by atoms with Crippen molar-refractivity contribution in [3.05, 3.63) is 52.8 Å². The van der Waals surface area contributed by atoms with Crippen molar-refractivity contribution in [2.75, 3.05) is 6.61 Å². The van der Waals surface area contributed by atoms with Crippen LogP contribution in [0.4, 0.5) is 0 Å². The summed E-state index contributed by atoms with van der Waals surface area (Å²) in [4.78, 5) is 11.7. The second-order valence-electron chi connectivity index (χ2n) is 3.87. The summed E-state index contributed by atoms with van der Waals surface area (Å²) in [7, 11) is 0. The van der Waals surface area contributed by atoms with Crippen LogP contribution >= 0.6 is 0 Å². The third-order valence-corrected chi connectivity index (χ3v) is 2.74. The molecule has 1 aromatic heterocycles. The number of hydrogen-bond donors (Lipinski definition) is 0. The Balaban J connectivity index is 0.00000180. The van der Waals surface area contributed by atoms with Crippen LogP contribution in [0.25, 0.3) is 11.3 Å². The van der Waals surface area contributed by atoms with Gasteiger partial charge in [0.2, 0.25) is 0 Å². The largest absolute Gasteiger partial charge is 0.494 e. The second kappa shape index (κ2) is 7.61. The molecule has 97 valence electrons. The van der Waals surface area contributed by atoms with Crippen molar-refractivity contribution >= 4 is 0 Å². The molecule has 19 heavy (non-hydrogen) atoms. The Morgan fingerprint density at radius 3 is 2.42 bits per heavy atom. The Bertz CT molecular complexity index is 575. The fourth-order valence-electron chi connectivity index (χ4n) is 1.90. The molecule has 0 bridgehead atoms. The molecule has 0 unspecified atom stereocenters. The molecule has 1 radical (unpaired) electrons. The predicted molar refractivity (Wildman–Crippen MR) is 71.8 cm³/mol. The maximum Gasteiger partial charge on any atom is 0.194 e. The molecule has 1 aromatic carbocycles. The van der Waals surface area contributed by atoms with Gasteiger partial charge in [0.25, 0.3) is 0 Å². The molecule has 0 fully saturated rings. The number of aromatic nitrogens is 1. The summed E-state index contributed by atoms with van der Waals surface area (Å²) in [6, 6.07) is 14.0. The van der Waals surface area contributed by atoms with Gasteiger partial charge < -0.3 is 9.30 Å². The van der Waals surface area contributed by atoms with Crippen molar-refractivity contribution < 1.29 is 37.4 Å². The minimum atomic E-state index is 0. The molecule has 0 spiro atoms. The van der Waals surface area contributed by atoms with Gasteiger partial charge >= 0.3 is 0 Å². The molecule has 2 aromatic rings. The standard InChI is InChI=1S/C15H16NO2.Y/c1-3-16-14(6-5-7-15(16)17)12-8-10-13(11-9-12)18-4-2;/h5,7-11H,3-4H2,1-2H3;/q-1;. The average molecular weight is 331 g/mol. The number of pyridine rings is 1. The molecule has 0 atom stereocenters. The third kappa shape index (κ3) is 3.77. The van der Waals surface area contributed by atoms with Crippen LogP contribution in [-0.4, -0.2) is 11.2 Å². The van der Waals surface area contributed by atoms with Gasteiger partial charge in [0, 0.05) is 39.3 Å². The Hall–Kier alpha value is -0.926. The summed E-state index contributed by atoms with van der Waals surface area (Å²) in [5.74, 6) is 0.836. The van der Waals surface area contributed by atoms with Gasteiger partial charge in [-0.2, -0.15) is 12.1 Å². The van der Waals surface area contributed by atoms with E-state index in [1.54, 1.807) is 10.6 Å². The van der Waals surface area contributed by atoms with Gasteiger partial charge in [-0.15, -0.1) is 12.1 Å². The second-order valence-corrected chi connectivity index (χ2v) is 3.87. The van der Waals surface area contributed by atoms with E-state index in [9.17, 15) is 4.79 Å². The van der Waals surface area contributed by atoms with Crippen molar-refractivity contribution in [3.63, 3.8) is 0 Å².